The Morgan fingerprint density at radius 2 is 1.71 bits per heavy atom. The minimum absolute atomic E-state index is 0.129. The minimum atomic E-state index is -0.768. The van der Waals surface area contributed by atoms with Crippen LogP contribution in [0.1, 0.15) is 16.7 Å². The second kappa shape index (κ2) is 7.80. The molecule has 1 saturated heterocycles. The van der Waals surface area contributed by atoms with Gasteiger partial charge in [0.05, 0.1) is 5.69 Å². The Hall–Kier alpha value is -3.85. The van der Waals surface area contributed by atoms with Crippen molar-refractivity contribution < 1.29 is 19.1 Å². The standard InChI is InChI=1S/C22H18N2O4/c1-4-9-28-18-7-5-16(6-8-18)13-19-20(25)23-22(27)24(21(19)26)17-11-14(2)10-15(3)12-17/h1,5-8,10-13H,9H2,2-3H3,(H,23,25,27)/b19-13+. The van der Waals surface area contributed by atoms with E-state index in [0.717, 1.165) is 16.0 Å². The van der Waals surface area contributed by atoms with Gasteiger partial charge < -0.3 is 4.74 Å². The van der Waals surface area contributed by atoms with Crippen molar-refractivity contribution >= 4 is 29.6 Å². The number of imide groups is 2. The first-order valence-corrected chi connectivity index (χ1v) is 8.55. The van der Waals surface area contributed by atoms with Crippen LogP contribution in [0.15, 0.2) is 48.0 Å². The molecule has 1 heterocycles. The lowest BCUT2D eigenvalue weighted by Gasteiger charge is -2.27. The molecule has 0 unspecified atom stereocenters. The van der Waals surface area contributed by atoms with E-state index in [1.807, 2.05) is 19.9 Å². The van der Waals surface area contributed by atoms with Crippen LogP contribution in [0.5, 0.6) is 5.75 Å². The molecule has 2 aromatic rings. The van der Waals surface area contributed by atoms with Gasteiger partial charge in [0.2, 0.25) is 0 Å². The largest absolute Gasteiger partial charge is 0.481 e. The van der Waals surface area contributed by atoms with E-state index in [1.165, 1.54) is 6.08 Å². The number of carbonyl (C=O) groups is 3. The SMILES string of the molecule is C#CCOc1ccc(/C=C2\C(=O)NC(=O)N(c3cc(C)cc(C)c3)C2=O)cc1. The number of nitrogens with one attached hydrogen (secondary N) is 1. The number of rotatable bonds is 4. The molecular weight excluding hydrogens is 356 g/mol. The third-order valence-corrected chi connectivity index (χ3v) is 4.08. The highest BCUT2D eigenvalue weighted by Gasteiger charge is 2.36. The van der Waals surface area contributed by atoms with E-state index < -0.39 is 17.8 Å². The van der Waals surface area contributed by atoms with E-state index in [0.29, 0.717) is 17.0 Å². The molecule has 0 radical (unpaired) electrons. The first-order valence-electron chi connectivity index (χ1n) is 8.55. The summed E-state index contributed by atoms with van der Waals surface area (Å²) in [6, 6.07) is 11.3. The number of barbiturate groups is 1. The average molecular weight is 374 g/mol. The summed E-state index contributed by atoms with van der Waals surface area (Å²) in [6.07, 6.45) is 6.59. The first kappa shape index (κ1) is 18.9. The zero-order chi connectivity index (χ0) is 20.3. The molecule has 0 spiro atoms. The number of aryl methyl sites for hydroxylation is 2. The van der Waals surface area contributed by atoms with Gasteiger partial charge >= 0.3 is 6.03 Å². The van der Waals surface area contributed by atoms with Crippen molar-refractivity contribution in [2.45, 2.75) is 13.8 Å². The summed E-state index contributed by atoms with van der Waals surface area (Å²) >= 11 is 0. The molecule has 1 aliphatic heterocycles. The predicted molar refractivity (Wildman–Crippen MR) is 106 cm³/mol. The molecule has 1 aliphatic rings. The molecule has 4 amide bonds. The van der Waals surface area contributed by atoms with E-state index in [-0.39, 0.29) is 12.2 Å². The summed E-state index contributed by atoms with van der Waals surface area (Å²) in [5.74, 6) is 1.54. The van der Waals surface area contributed by atoms with Crippen LogP contribution in [0.2, 0.25) is 0 Å². The zero-order valence-electron chi connectivity index (χ0n) is 15.5. The van der Waals surface area contributed by atoms with Gasteiger partial charge in [0, 0.05) is 0 Å². The number of nitrogens with zero attached hydrogens (tertiary/aromatic N) is 1. The fourth-order valence-electron chi connectivity index (χ4n) is 2.92. The third kappa shape index (κ3) is 3.94. The minimum Gasteiger partial charge on any atom is -0.481 e. The number of urea groups is 1. The Kier molecular flexibility index (Phi) is 5.28. The molecule has 28 heavy (non-hydrogen) atoms. The number of amides is 4. The fourth-order valence-corrected chi connectivity index (χ4v) is 2.92. The second-order valence-corrected chi connectivity index (χ2v) is 6.37. The summed E-state index contributed by atoms with van der Waals surface area (Å²) in [6.45, 7) is 3.89. The number of ether oxygens (including phenoxy) is 1. The van der Waals surface area contributed by atoms with Crippen LogP contribution in [-0.4, -0.2) is 24.5 Å². The number of anilines is 1. The van der Waals surface area contributed by atoms with Gasteiger partial charge in [-0.05, 0) is 60.9 Å². The molecule has 0 aromatic heterocycles. The highest BCUT2D eigenvalue weighted by molar-refractivity contribution is 6.39. The van der Waals surface area contributed by atoms with Gasteiger partial charge in [-0.2, -0.15) is 0 Å². The van der Waals surface area contributed by atoms with E-state index in [1.54, 1.807) is 36.4 Å². The first-order chi connectivity index (χ1) is 13.4. The lowest BCUT2D eigenvalue weighted by Crippen LogP contribution is -2.54. The van der Waals surface area contributed by atoms with E-state index in [4.69, 9.17) is 11.2 Å². The zero-order valence-corrected chi connectivity index (χ0v) is 15.5. The topological polar surface area (TPSA) is 75.7 Å². The van der Waals surface area contributed by atoms with Crippen LogP contribution in [-0.2, 0) is 9.59 Å². The van der Waals surface area contributed by atoms with Crippen LogP contribution in [0.25, 0.3) is 6.08 Å². The van der Waals surface area contributed by atoms with Crippen LogP contribution in [0.3, 0.4) is 0 Å². The quantitative estimate of drug-likeness (QED) is 0.507. The van der Waals surface area contributed by atoms with Crippen LogP contribution >= 0.6 is 0 Å². The van der Waals surface area contributed by atoms with Crippen molar-refractivity contribution in [1.29, 1.82) is 0 Å². The van der Waals surface area contributed by atoms with Crippen molar-refractivity contribution in [2.75, 3.05) is 11.5 Å². The van der Waals surface area contributed by atoms with Crippen LogP contribution in [0.4, 0.5) is 10.5 Å². The molecular formula is C22H18N2O4. The summed E-state index contributed by atoms with van der Waals surface area (Å²) in [5.41, 5.74) is 2.70. The Balaban J connectivity index is 1.93. The van der Waals surface area contributed by atoms with Gasteiger partial charge in [-0.1, -0.05) is 24.1 Å². The predicted octanol–water partition coefficient (Wildman–Crippen LogP) is 2.98. The summed E-state index contributed by atoms with van der Waals surface area (Å²) in [4.78, 5) is 38.4. The Bertz CT molecular complexity index is 1010. The van der Waals surface area contributed by atoms with Gasteiger partial charge in [0.25, 0.3) is 11.8 Å². The Morgan fingerprint density at radius 3 is 2.32 bits per heavy atom. The smallest absolute Gasteiger partial charge is 0.335 e. The maximum atomic E-state index is 12.9. The molecule has 0 aliphatic carbocycles. The van der Waals surface area contributed by atoms with Crippen LogP contribution in [0, 0.1) is 26.2 Å². The Labute approximate surface area is 162 Å². The average Bonchev–Trinajstić information content (AvgIpc) is 2.63. The van der Waals surface area contributed by atoms with E-state index in [2.05, 4.69) is 11.2 Å². The van der Waals surface area contributed by atoms with E-state index >= 15 is 0 Å². The molecule has 0 atom stereocenters. The molecule has 0 bridgehead atoms. The van der Waals surface area contributed by atoms with Gasteiger partial charge in [0.15, 0.2) is 0 Å². The van der Waals surface area contributed by atoms with Crippen LogP contribution < -0.4 is 15.0 Å². The number of hydrogen-bond donors (Lipinski definition) is 1. The van der Waals surface area contributed by atoms with Gasteiger partial charge in [-0.15, -0.1) is 6.42 Å². The van der Waals surface area contributed by atoms with Crippen molar-refractivity contribution in [3.8, 4) is 18.1 Å². The lowest BCUT2D eigenvalue weighted by atomic mass is 10.1. The number of benzene rings is 2. The van der Waals surface area contributed by atoms with Crippen molar-refractivity contribution in [3.05, 3.63) is 64.7 Å². The maximum absolute atomic E-state index is 12.9. The lowest BCUT2D eigenvalue weighted by molar-refractivity contribution is -0.122. The number of hydrogen-bond acceptors (Lipinski definition) is 4. The second-order valence-electron chi connectivity index (χ2n) is 6.37. The van der Waals surface area contributed by atoms with Crippen molar-refractivity contribution in [2.24, 2.45) is 0 Å². The third-order valence-electron chi connectivity index (χ3n) is 4.08. The molecule has 2 aromatic carbocycles. The molecule has 0 saturated carbocycles. The normalized spacial score (nSPS) is 15.4. The number of terminal acetylenes is 1. The number of carbonyl (C=O) groups excluding carboxylic acids is 3. The van der Waals surface area contributed by atoms with Crippen molar-refractivity contribution in [1.82, 2.24) is 5.32 Å². The molecule has 140 valence electrons. The summed E-state index contributed by atoms with van der Waals surface area (Å²) in [7, 11) is 0. The maximum Gasteiger partial charge on any atom is 0.335 e. The Morgan fingerprint density at radius 1 is 1.07 bits per heavy atom. The molecule has 1 N–H and O–H groups in total. The highest BCUT2D eigenvalue weighted by atomic mass is 16.5. The van der Waals surface area contributed by atoms with Crippen molar-refractivity contribution in [3.63, 3.8) is 0 Å². The van der Waals surface area contributed by atoms with E-state index in [9.17, 15) is 14.4 Å². The monoisotopic (exact) mass is 374 g/mol. The molecule has 6 heteroatoms. The summed E-state index contributed by atoms with van der Waals surface area (Å²) in [5, 5.41) is 2.22. The molecule has 3 rings (SSSR count). The fraction of sp³-hybridized carbons (Fsp3) is 0.136. The molecule has 6 nitrogen and oxygen atoms in total. The van der Waals surface area contributed by atoms with Gasteiger partial charge in [-0.3, -0.25) is 14.9 Å². The highest BCUT2D eigenvalue weighted by Crippen LogP contribution is 2.24. The molecule has 1 fully saturated rings. The van der Waals surface area contributed by atoms with Gasteiger partial charge in [-0.25, -0.2) is 9.69 Å². The van der Waals surface area contributed by atoms with Gasteiger partial charge in [0.1, 0.15) is 17.9 Å². The summed E-state index contributed by atoms with van der Waals surface area (Å²) < 4.78 is 5.30.